The summed E-state index contributed by atoms with van der Waals surface area (Å²) in [6.07, 6.45) is 0. The van der Waals surface area contributed by atoms with Gasteiger partial charge in [0.05, 0.1) is 32.1 Å². The van der Waals surface area contributed by atoms with Crippen molar-refractivity contribution in [3.05, 3.63) is 231 Å². The van der Waals surface area contributed by atoms with E-state index in [9.17, 15) is 0 Å². The number of nitrogens with zero attached hydrogens (tertiary/aromatic N) is 2. The summed E-state index contributed by atoms with van der Waals surface area (Å²) in [5, 5.41) is 7.46. The highest BCUT2D eigenvalue weighted by Gasteiger charge is 2.25. The fourth-order valence-electron chi connectivity index (χ4n) is 9.18. The zero-order valence-electron chi connectivity index (χ0n) is 33.7. The molecule has 10 aromatic carbocycles. The van der Waals surface area contributed by atoms with Crippen LogP contribution in [0.25, 0.3) is 73.4 Å². The summed E-state index contributed by atoms with van der Waals surface area (Å²) in [7, 11) is 0. The molecule has 0 aliphatic heterocycles. The summed E-state index contributed by atoms with van der Waals surface area (Å²) in [6, 6.07) is 84.3. The van der Waals surface area contributed by atoms with Gasteiger partial charge in [-0.05, 0) is 94.7 Å². The molecule has 2 nitrogen and oxygen atoms in total. The Morgan fingerprint density at radius 3 is 1.06 bits per heavy atom. The molecular formula is C58H38N2S2. The zero-order chi connectivity index (χ0) is 41.0. The Bertz CT molecular complexity index is 3340. The Balaban J connectivity index is 1.18. The molecule has 62 heavy (non-hydrogen) atoms. The van der Waals surface area contributed by atoms with Gasteiger partial charge in [0, 0.05) is 53.4 Å². The van der Waals surface area contributed by atoms with E-state index in [2.05, 4.69) is 240 Å². The quantitative estimate of drug-likeness (QED) is 0.151. The fourth-order valence-corrected chi connectivity index (χ4v) is 11.6. The number of hydrogen-bond donors (Lipinski definition) is 0. The van der Waals surface area contributed by atoms with E-state index in [0.717, 1.165) is 39.5 Å². The van der Waals surface area contributed by atoms with E-state index in [1.165, 1.54) is 68.0 Å². The van der Waals surface area contributed by atoms with Gasteiger partial charge >= 0.3 is 0 Å². The average molecular weight is 827 g/mol. The summed E-state index contributed by atoms with van der Waals surface area (Å²) < 4.78 is 5.11. The van der Waals surface area contributed by atoms with Crippen LogP contribution in [0.5, 0.6) is 0 Å². The molecular weight excluding hydrogens is 789 g/mol. The van der Waals surface area contributed by atoms with Crippen LogP contribution in [0.15, 0.2) is 231 Å². The van der Waals surface area contributed by atoms with Gasteiger partial charge in [-0.1, -0.05) is 158 Å². The molecule has 0 saturated carbocycles. The summed E-state index contributed by atoms with van der Waals surface area (Å²) in [6.45, 7) is 0. The van der Waals surface area contributed by atoms with Gasteiger partial charge in [0.25, 0.3) is 0 Å². The number of anilines is 6. The molecule has 0 bridgehead atoms. The Morgan fingerprint density at radius 1 is 0.274 bits per heavy atom. The van der Waals surface area contributed by atoms with Crippen LogP contribution in [-0.2, 0) is 0 Å². The molecule has 0 unspecified atom stereocenters. The minimum absolute atomic E-state index is 1.11. The SMILES string of the molecule is c1ccc(-c2cc3cc(-c4ccccc4)c(N(c4ccccc4)c4cccc5c4sc4ccccc45)cc3cc2N(c2ccccc2)c2cccc3c2sc2ccccc23)cc1. The molecule has 0 fully saturated rings. The largest absolute Gasteiger partial charge is 0.308 e. The number of para-hydroxylation sites is 2. The smallest absolute Gasteiger partial charge is 0.0640 e. The first-order valence-electron chi connectivity index (χ1n) is 21.0. The molecule has 0 N–H and O–H groups in total. The van der Waals surface area contributed by atoms with E-state index in [0.29, 0.717) is 0 Å². The van der Waals surface area contributed by atoms with Crippen molar-refractivity contribution in [2.75, 3.05) is 9.80 Å². The van der Waals surface area contributed by atoms with Gasteiger partial charge in [0.2, 0.25) is 0 Å². The van der Waals surface area contributed by atoms with Crippen LogP contribution in [-0.4, -0.2) is 0 Å². The highest BCUT2D eigenvalue weighted by atomic mass is 32.1. The molecule has 0 amide bonds. The van der Waals surface area contributed by atoms with E-state index in [1.807, 2.05) is 22.7 Å². The third-order valence-corrected chi connectivity index (χ3v) is 14.4. The molecule has 0 radical (unpaired) electrons. The summed E-state index contributed by atoms with van der Waals surface area (Å²) in [4.78, 5) is 4.97. The Labute approximate surface area is 368 Å². The predicted octanol–water partition coefficient (Wildman–Crippen LogP) is 17.8. The van der Waals surface area contributed by atoms with E-state index in [1.54, 1.807) is 0 Å². The van der Waals surface area contributed by atoms with Crippen molar-refractivity contribution in [2.24, 2.45) is 0 Å². The second kappa shape index (κ2) is 15.2. The summed E-state index contributed by atoms with van der Waals surface area (Å²) >= 11 is 3.73. The number of benzene rings is 10. The molecule has 0 spiro atoms. The maximum Gasteiger partial charge on any atom is 0.0640 e. The van der Waals surface area contributed by atoms with Gasteiger partial charge in [-0.3, -0.25) is 0 Å². The first-order valence-corrected chi connectivity index (χ1v) is 22.6. The number of thiophene rings is 2. The van der Waals surface area contributed by atoms with E-state index >= 15 is 0 Å². The molecule has 4 heteroatoms. The van der Waals surface area contributed by atoms with Gasteiger partial charge < -0.3 is 9.80 Å². The van der Waals surface area contributed by atoms with Gasteiger partial charge in [-0.2, -0.15) is 0 Å². The molecule has 2 aromatic heterocycles. The Morgan fingerprint density at radius 2 is 0.629 bits per heavy atom. The minimum Gasteiger partial charge on any atom is -0.308 e. The average Bonchev–Trinajstić information content (AvgIpc) is 3.92. The second-order valence-corrected chi connectivity index (χ2v) is 17.8. The van der Waals surface area contributed by atoms with Crippen LogP contribution in [0.1, 0.15) is 0 Å². The maximum atomic E-state index is 2.48. The topological polar surface area (TPSA) is 6.48 Å². The summed E-state index contributed by atoms with van der Waals surface area (Å²) in [5.74, 6) is 0. The lowest BCUT2D eigenvalue weighted by Crippen LogP contribution is -2.12. The Kier molecular flexibility index (Phi) is 8.91. The van der Waals surface area contributed by atoms with Crippen molar-refractivity contribution >= 4 is 108 Å². The normalized spacial score (nSPS) is 11.5. The standard InChI is InChI=1S/C58H38N2S2/c1-5-19-39(20-6-1)49-35-41-36-50(40-21-7-2-8-22-40)54(60(44-25-11-4-12-26-44)52-32-18-30-48-46-28-14-16-34-56(46)62-58(48)52)38-42(41)37-53(49)59(43-23-9-3-10-24-43)51-31-17-29-47-45-27-13-15-33-55(45)61-57(47)51/h1-38H. The van der Waals surface area contributed by atoms with Gasteiger partial charge in [-0.25, -0.2) is 0 Å². The van der Waals surface area contributed by atoms with Crippen LogP contribution in [0.4, 0.5) is 34.1 Å². The monoisotopic (exact) mass is 826 g/mol. The molecule has 12 rings (SSSR count). The number of rotatable bonds is 8. The predicted molar refractivity (Wildman–Crippen MR) is 270 cm³/mol. The lowest BCUT2D eigenvalue weighted by atomic mass is 9.93. The molecule has 2 heterocycles. The molecule has 0 aliphatic carbocycles. The molecule has 0 saturated heterocycles. The van der Waals surface area contributed by atoms with Crippen LogP contribution >= 0.6 is 22.7 Å². The van der Waals surface area contributed by atoms with Crippen molar-refractivity contribution in [3.8, 4) is 22.3 Å². The van der Waals surface area contributed by atoms with Crippen molar-refractivity contribution in [1.82, 2.24) is 0 Å². The minimum atomic E-state index is 1.11. The van der Waals surface area contributed by atoms with Crippen molar-refractivity contribution < 1.29 is 0 Å². The molecule has 0 aliphatic rings. The van der Waals surface area contributed by atoms with Gasteiger partial charge in [0.1, 0.15) is 0 Å². The first kappa shape index (κ1) is 36.4. The summed E-state index contributed by atoms with van der Waals surface area (Å²) in [5.41, 5.74) is 11.5. The van der Waals surface area contributed by atoms with Crippen LogP contribution in [0.2, 0.25) is 0 Å². The second-order valence-electron chi connectivity index (χ2n) is 15.7. The van der Waals surface area contributed by atoms with Gasteiger partial charge in [-0.15, -0.1) is 22.7 Å². The van der Waals surface area contributed by atoms with E-state index in [-0.39, 0.29) is 0 Å². The van der Waals surface area contributed by atoms with Gasteiger partial charge in [0.15, 0.2) is 0 Å². The number of hydrogen-bond acceptors (Lipinski definition) is 4. The molecule has 12 aromatic rings. The van der Waals surface area contributed by atoms with Crippen molar-refractivity contribution in [2.45, 2.75) is 0 Å². The molecule has 292 valence electrons. The van der Waals surface area contributed by atoms with Crippen molar-refractivity contribution in [3.63, 3.8) is 0 Å². The van der Waals surface area contributed by atoms with Crippen LogP contribution in [0.3, 0.4) is 0 Å². The Hall–Kier alpha value is -7.50. The van der Waals surface area contributed by atoms with E-state index in [4.69, 9.17) is 0 Å². The third kappa shape index (κ3) is 6.15. The maximum absolute atomic E-state index is 2.48. The van der Waals surface area contributed by atoms with Crippen molar-refractivity contribution in [1.29, 1.82) is 0 Å². The van der Waals surface area contributed by atoms with Crippen LogP contribution < -0.4 is 9.80 Å². The fraction of sp³-hybridized carbons (Fsp3) is 0. The lowest BCUT2D eigenvalue weighted by molar-refractivity contribution is 1.30. The molecule has 0 atom stereocenters. The van der Waals surface area contributed by atoms with E-state index < -0.39 is 0 Å². The zero-order valence-corrected chi connectivity index (χ0v) is 35.3. The highest BCUT2D eigenvalue weighted by Crippen LogP contribution is 2.51. The lowest BCUT2D eigenvalue weighted by Gasteiger charge is -2.31. The highest BCUT2D eigenvalue weighted by molar-refractivity contribution is 7.26. The first-order chi connectivity index (χ1) is 30.8. The van der Waals surface area contributed by atoms with Crippen LogP contribution in [0, 0.1) is 0 Å². The number of fused-ring (bicyclic) bond motifs is 7. The third-order valence-electron chi connectivity index (χ3n) is 12.0.